The second-order valence-corrected chi connectivity index (χ2v) is 7.18. The van der Waals surface area contributed by atoms with Gasteiger partial charge in [0.2, 0.25) is 5.91 Å². The molecule has 0 unspecified atom stereocenters. The zero-order valence-electron chi connectivity index (χ0n) is 17.6. The van der Waals surface area contributed by atoms with Gasteiger partial charge in [0.05, 0.1) is 5.02 Å². The van der Waals surface area contributed by atoms with Crippen LogP contribution in [0.3, 0.4) is 0 Å². The van der Waals surface area contributed by atoms with Crippen molar-refractivity contribution in [1.29, 1.82) is 0 Å². The van der Waals surface area contributed by atoms with E-state index in [9.17, 15) is 22.8 Å². The first-order valence-electron chi connectivity index (χ1n) is 9.34. The van der Waals surface area contributed by atoms with Gasteiger partial charge in [-0.15, -0.1) is 0 Å². The standard InChI is InChI=1S/C22H26ClF3N2O2/c1-6-7-15(12-28-20(29)13(2)14(3)22(4,25)26)10-17(21(30)27-5)16-8-9-18(23)19(24)11-16/h7-11H,6,12H2,1-5H3,(H,27,30)(H,28,29)/b14-13+,15-7-,17-10-. The normalized spacial score (nSPS) is 13.6. The minimum absolute atomic E-state index is 0.00312. The number of amides is 2. The number of carbonyl (C=O) groups excluding carboxylic acids is 2. The summed E-state index contributed by atoms with van der Waals surface area (Å²) in [6, 6.07) is 4.00. The van der Waals surface area contributed by atoms with Crippen LogP contribution in [0.15, 0.2) is 47.1 Å². The lowest BCUT2D eigenvalue weighted by molar-refractivity contribution is -0.117. The number of carbonyl (C=O) groups is 2. The third kappa shape index (κ3) is 7.06. The van der Waals surface area contributed by atoms with E-state index in [1.807, 2.05) is 6.92 Å². The van der Waals surface area contributed by atoms with Crippen LogP contribution < -0.4 is 10.6 Å². The number of hydrogen-bond acceptors (Lipinski definition) is 2. The van der Waals surface area contributed by atoms with E-state index in [-0.39, 0.29) is 28.3 Å². The molecule has 30 heavy (non-hydrogen) atoms. The number of rotatable bonds is 8. The van der Waals surface area contributed by atoms with Crippen LogP contribution in [0.5, 0.6) is 0 Å². The summed E-state index contributed by atoms with van der Waals surface area (Å²) in [5.74, 6) is -4.87. The lowest BCUT2D eigenvalue weighted by Gasteiger charge is -2.15. The Morgan fingerprint density at radius 3 is 2.33 bits per heavy atom. The summed E-state index contributed by atoms with van der Waals surface area (Å²) in [6.07, 6.45) is 3.89. The Kier molecular flexibility index (Phi) is 9.36. The van der Waals surface area contributed by atoms with Gasteiger partial charge in [-0.3, -0.25) is 9.59 Å². The van der Waals surface area contributed by atoms with E-state index in [0.29, 0.717) is 17.6 Å². The quantitative estimate of drug-likeness (QED) is 0.437. The van der Waals surface area contributed by atoms with Crippen LogP contribution in [0, 0.1) is 5.82 Å². The molecule has 0 aliphatic rings. The molecule has 4 nitrogen and oxygen atoms in total. The maximum atomic E-state index is 13.9. The topological polar surface area (TPSA) is 58.2 Å². The molecule has 0 aliphatic carbocycles. The number of nitrogens with one attached hydrogen (secondary N) is 2. The van der Waals surface area contributed by atoms with Gasteiger partial charge in [0, 0.05) is 37.2 Å². The predicted octanol–water partition coefficient (Wildman–Crippen LogP) is 5.05. The van der Waals surface area contributed by atoms with Gasteiger partial charge in [-0.2, -0.15) is 0 Å². The monoisotopic (exact) mass is 442 g/mol. The molecule has 0 fully saturated rings. The molecule has 0 radical (unpaired) electrons. The van der Waals surface area contributed by atoms with Crippen LogP contribution in [0.1, 0.15) is 39.7 Å². The number of halogens is 4. The van der Waals surface area contributed by atoms with Gasteiger partial charge in [0.15, 0.2) is 0 Å². The van der Waals surface area contributed by atoms with Crippen molar-refractivity contribution in [3.05, 3.63) is 63.5 Å². The number of hydrogen-bond donors (Lipinski definition) is 2. The Bertz CT molecular complexity index is 900. The van der Waals surface area contributed by atoms with Crippen LogP contribution in [0.4, 0.5) is 13.2 Å². The molecule has 8 heteroatoms. The minimum Gasteiger partial charge on any atom is -0.355 e. The Balaban J connectivity index is 3.22. The molecule has 2 amide bonds. The Labute approximate surface area is 179 Å². The van der Waals surface area contributed by atoms with Crippen LogP contribution in [-0.4, -0.2) is 31.3 Å². The maximum Gasteiger partial charge on any atom is 0.267 e. The van der Waals surface area contributed by atoms with Crippen molar-refractivity contribution in [3.63, 3.8) is 0 Å². The molecule has 0 saturated heterocycles. The third-order valence-corrected chi connectivity index (χ3v) is 4.82. The molecule has 0 saturated carbocycles. The van der Waals surface area contributed by atoms with Crippen LogP contribution in [0.2, 0.25) is 5.02 Å². The van der Waals surface area contributed by atoms with Crippen LogP contribution >= 0.6 is 11.6 Å². The van der Waals surface area contributed by atoms with Crippen molar-refractivity contribution in [2.75, 3.05) is 13.6 Å². The summed E-state index contributed by atoms with van der Waals surface area (Å²) in [7, 11) is 1.44. The molecular weight excluding hydrogens is 417 g/mol. The van der Waals surface area contributed by atoms with Crippen LogP contribution in [0.25, 0.3) is 5.57 Å². The summed E-state index contributed by atoms with van der Waals surface area (Å²) >= 11 is 5.71. The highest BCUT2D eigenvalue weighted by atomic mass is 35.5. The Hall–Kier alpha value is -2.54. The van der Waals surface area contributed by atoms with E-state index < -0.39 is 23.6 Å². The van der Waals surface area contributed by atoms with Gasteiger partial charge in [-0.25, -0.2) is 13.2 Å². The molecule has 0 bridgehead atoms. The van der Waals surface area contributed by atoms with Crippen molar-refractivity contribution in [2.45, 2.75) is 40.0 Å². The molecule has 0 heterocycles. The predicted molar refractivity (Wildman–Crippen MR) is 114 cm³/mol. The van der Waals surface area contributed by atoms with Crippen molar-refractivity contribution < 1.29 is 22.8 Å². The lowest BCUT2D eigenvalue weighted by Crippen LogP contribution is -2.29. The highest BCUT2D eigenvalue weighted by molar-refractivity contribution is 6.31. The van der Waals surface area contributed by atoms with E-state index in [1.54, 1.807) is 6.08 Å². The van der Waals surface area contributed by atoms with Gasteiger partial charge in [-0.1, -0.05) is 30.7 Å². The van der Waals surface area contributed by atoms with Crippen molar-refractivity contribution in [3.8, 4) is 0 Å². The summed E-state index contributed by atoms with van der Waals surface area (Å²) in [5.41, 5.74) is 0.647. The third-order valence-electron chi connectivity index (χ3n) is 4.51. The van der Waals surface area contributed by atoms with Crippen LogP contribution in [-0.2, 0) is 9.59 Å². The minimum atomic E-state index is -3.10. The zero-order chi connectivity index (χ0) is 23.1. The van der Waals surface area contributed by atoms with Crippen molar-refractivity contribution in [2.24, 2.45) is 0 Å². The molecule has 1 aromatic carbocycles. The molecular formula is C22H26ClF3N2O2. The SMILES string of the molecule is CC/C=C(/C=C(\C(=O)NC)c1ccc(Cl)c(F)c1)CNC(=O)/C(C)=C(\C)C(C)(F)F. The summed E-state index contributed by atoms with van der Waals surface area (Å²) in [6.45, 7) is 5.13. The fourth-order valence-electron chi connectivity index (χ4n) is 2.52. The average molecular weight is 443 g/mol. The molecule has 0 aliphatic heterocycles. The summed E-state index contributed by atoms with van der Waals surface area (Å²) < 4.78 is 40.8. The Morgan fingerprint density at radius 1 is 1.20 bits per heavy atom. The molecule has 0 spiro atoms. The molecule has 164 valence electrons. The molecule has 0 aromatic heterocycles. The first-order valence-corrected chi connectivity index (χ1v) is 9.72. The molecule has 1 aromatic rings. The van der Waals surface area contributed by atoms with Crippen molar-refractivity contribution >= 4 is 29.0 Å². The second kappa shape index (κ2) is 11.0. The molecule has 0 atom stereocenters. The van der Waals surface area contributed by atoms with E-state index in [0.717, 1.165) is 13.0 Å². The van der Waals surface area contributed by atoms with E-state index >= 15 is 0 Å². The summed E-state index contributed by atoms with van der Waals surface area (Å²) in [4.78, 5) is 24.6. The summed E-state index contributed by atoms with van der Waals surface area (Å²) in [5, 5.41) is 5.00. The molecule has 2 N–H and O–H groups in total. The van der Waals surface area contributed by atoms with E-state index in [2.05, 4.69) is 10.6 Å². The Morgan fingerprint density at radius 2 is 1.83 bits per heavy atom. The number of alkyl halides is 2. The fourth-order valence-corrected chi connectivity index (χ4v) is 2.64. The highest BCUT2D eigenvalue weighted by Gasteiger charge is 2.27. The fraction of sp³-hybridized carbons (Fsp3) is 0.364. The van der Waals surface area contributed by atoms with Crippen molar-refractivity contribution in [1.82, 2.24) is 10.6 Å². The lowest BCUT2D eigenvalue weighted by atomic mass is 10.0. The smallest absolute Gasteiger partial charge is 0.267 e. The number of likely N-dealkylation sites (N-methyl/N-ethyl adjacent to an activating group) is 1. The second-order valence-electron chi connectivity index (χ2n) is 6.77. The first kappa shape index (κ1) is 25.5. The maximum absolute atomic E-state index is 13.9. The first-order chi connectivity index (χ1) is 13.9. The highest BCUT2D eigenvalue weighted by Crippen LogP contribution is 2.26. The number of allylic oxidation sites excluding steroid dienone is 2. The number of benzene rings is 1. The average Bonchev–Trinajstić information content (AvgIpc) is 2.69. The zero-order valence-corrected chi connectivity index (χ0v) is 18.4. The van der Waals surface area contributed by atoms with Gasteiger partial charge in [0.25, 0.3) is 11.8 Å². The largest absolute Gasteiger partial charge is 0.355 e. The molecule has 1 rings (SSSR count). The van der Waals surface area contributed by atoms with Gasteiger partial charge >= 0.3 is 0 Å². The van der Waals surface area contributed by atoms with Gasteiger partial charge in [0.1, 0.15) is 5.82 Å². The van der Waals surface area contributed by atoms with Gasteiger partial charge in [-0.05, 0) is 49.6 Å². The van der Waals surface area contributed by atoms with Gasteiger partial charge < -0.3 is 10.6 Å². The van der Waals surface area contributed by atoms with E-state index in [1.165, 1.54) is 39.1 Å². The van der Waals surface area contributed by atoms with E-state index in [4.69, 9.17) is 11.6 Å².